The van der Waals surface area contributed by atoms with Gasteiger partial charge < -0.3 is 4.74 Å². The van der Waals surface area contributed by atoms with Crippen LogP contribution in [0.5, 0.6) is 5.75 Å². The summed E-state index contributed by atoms with van der Waals surface area (Å²) in [6.07, 6.45) is 7.44. The predicted molar refractivity (Wildman–Crippen MR) is 99.5 cm³/mol. The maximum atomic E-state index is 11.6. The zero-order valence-electron chi connectivity index (χ0n) is 15.0. The van der Waals surface area contributed by atoms with E-state index in [4.69, 9.17) is 4.74 Å². The van der Waals surface area contributed by atoms with E-state index in [9.17, 15) is 4.79 Å². The van der Waals surface area contributed by atoms with Crippen molar-refractivity contribution in [2.24, 2.45) is 0 Å². The number of carbonyl (C=O) groups is 1. The van der Waals surface area contributed by atoms with Crippen LogP contribution in [-0.4, -0.2) is 36.2 Å². The van der Waals surface area contributed by atoms with Crippen molar-refractivity contribution < 1.29 is 9.53 Å². The average molecular weight is 362 g/mol. The summed E-state index contributed by atoms with van der Waals surface area (Å²) in [6.45, 7) is 4.28. The molecule has 0 aliphatic rings. The Morgan fingerprint density at radius 2 is 2.04 bits per heavy atom. The van der Waals surface area contributed by atoms with Crippen molar-refractivity contribution in [3.63, 3.8) is 0 Å². The van der Waals surface area contributed by atoms with Crippen LogP contribution < -0.4 is 4.74 Å². The van der Waals surface area contributed by atoms with Crippen LogP contribution in [0.2, 0.25) is 0 Å². The zero-order valence-corrected chi connectivity index (χ0v) is 15.0. The Hall–Kier alpha value is -3.55. The fourth-order valence-electron chi connectivity index (χ4n) is 3.00. The van der Waals surface area contributed by atoms with Crippen LogP contribution in [0.25, 0.3) is 22.3 Å². The summed E-state index contributed by atoms with van der Waals surface area (Å²) in [4.78, 5) is 20.4. The number of aromatic nitrogens is 6. The van der Waals surface area contributed by atoms with E-state index in [1.165, 1.54) is 0 Å². The highest BCUT2D eigenvalue weighted by atomic mass is 16.5. The first-order valence-electron chi connectivity index (χ1n) is 8.57. The smallest absolute Gasteiger partial charge is 0.155 e. The molecule has 0 saturated heterocycles. The van der Waals surface area contributed by atoms with Crippen LogP contribution in [0.3, 0.4) is 0 Å². The normalized spacial score (nSPS) is 11.2. The molecule has 4 rings (SSSR count). The largest absolute Gasteiger partial charge is 0.486 e. The fraction of sp³-hybridized carbons (Fsp3) is 0.211. The number of aromatic amines is 1. The summed E-state index contributed by atoms with van der Waals surface area (Å²) in [5, 5.41) is 12.0. The van der Waals surface area contributed by atoms with E-state index in [0.717, 1.165) is 17.4 Å². The molecule has 0 bridgehead atoms. The van der Waals surface area contributed by atoms with Crippen LogP contribution in [0.15, 0.2) is 43.0 Å². The second kappa shape index (κ2) is 6.99. The number of fused-ring (bicyclic) bond motifs is 1. The van der Waals surface area contributed by atoms with Crippen LogP contribution in [-0.2, 0) is 6.61 Å². The third kappa shape index (κ3) is 3.05. The summed E-state index contributed by atoms with van der Waals surface area (Å²) < 4.78 is 7.81. The molecule has 0 radical (unpaired) electrons. The van der Waals surface area contributed by atoms with Crippen molar-refractivity contribution in [1.29, 1.82) is 0 Å². The lowest BCUT2D eigenvalue weighted by Gasteiger charge is -2.14. The molecule has 27 heavy (non-hydrogen) atoms. The molecule has 4 aromatic rings. The molecule has 8 nitrogen and oxygen atoms in total. The predicted octanol–water partition coefficient (Wildman–Crippen LogP) is 3.19. The molecule has 0 fully saturated rings. The third-order valence-electron chi connectivity index (χ3n) is 4.28. The van der Waals surface area contributed by atoms with E-state index in [1.54, 1.807) is 30.9 Å². The maximum absolute atomic E-state index is 11.6. The van der Waals surface area contributed by atoms with Gasteiger partial charge in [0.2, 0.25) is 0 Å². The Bertz CT molecular complexity index is 1100. The van der Waals surface area contributed by atoms with Gasteiger partial charge in [0.1, 0.15) is 23.7 Å². The molecule has 8 heteroatoms. The first-order valence-corrected chi connectivity index (χ1v) is 8.57. The number of hydrogen-bond donors (Lipinski definition) is 1. The van der Waals surface area contributed by atoms with Gasteiger partial charge in [-0.15, -0.1) is 0 Å². The number of hydrogen-bond acceptors (Lipinski definition) is 6. The van der Waals surface area contributed by atoms with Crippen molar-refractivity contribution >= 4 is 17.2 Å². The molecule has 0 aliphatic carbocycles. The van der Waals surface area contributed by atoms with Crippen LogP contribution >= 0.6 is 0 Å². The van der Waals surface area contributed by atoms with Gasteiger partial charge >= 0.3 is 0 Å². The lowest BCUT2D eigenvalue weighted by molar-refractivity contribution is 0.112. The van der Waals surface area contributed by atoms with E-state index in [-0.39, 0.29) is 12.6 Å². The van der Waals surface area contributed by atoms with Crippen LogP contribution in [0, 0.1) is 0 Å². The molecule has 0 aliphatic heterocycles. The van der Waals surface area contributed by atoms with Gasteiger partial charge in [-0.2, -0.15) is 10.2 Å². The number of ether oxygens (including phenoxy) is 1. The third-order valence-corrected chi connectivity index (χ3v) is 4.28. The average Bonchev–Trinajstić information content (AvgIpc) is 3.35. The second-order valence-electron chi connectivity index (χ2n) is 6.32. The summed E-state index contributed by atoms with van der Waals surface area (Å²) >= 11 is 0. The minimum atomic E-state index is 0.174. The first kappa shape index (κ1) is 16.9. The topological polar surface area (TPSA) is 98.6 Å². The van der Waals surface area contributed by atoms with E-state index < -0.39 is 0 Å². The number of benzene rings is 1. The molecule has 136 valence electrons. The Morgan fingerprint density at radius 3 is 2.85 bits per heavy atom. The Balaban J connectivity index is 1.67. The van der Waals surface area contributed by atoms with Gasteiger partial charge in [-0.1, -0.05) is 0 Å². The van der Waals surface area contributed by atoms with Gasteiger partial charge in [-0.3, -0.25) is 24.5 Å². The van der Waals surface area contributed by atoms with Crippen molar-refractivity contribution in [2.75, 3.05) is 0 Å². The Morgan fingerprint density at radius 1 is 1.19 bits per heavy atom. The van der Waals surface area contributed by atoms with Crippen molar-refractivity contribution in [3.05, 3.63) is 54.2 Å². The molecule has 3 aromatic heterocycles. The van der Waals surface area contributed by atoms with E-state index in [2.05, 4.69) is 39.1 Å². The van der Waals surface area contributed by atoms with E-state index >= 15 is 0 Å². The van der Waals surface area contributed by atoms with Crippen LogP contribution in [0.4, 0.5) is 0 Å². The molecule has 1 aromatic carbocycles. The zero-order chi connectivity index (χ0) is 18.8. The van der Waals surface area contributed by atoms with Gasteiger partial charge in [-0.25, -0.2) is 0 Å². The summed E-state index contributed by atoms with van der Waals surface area (Å²) in [5.74, 6) is 0.468. The molecular formula is C19H18N6O2. The summed E-state index contributed by atoms with van der Waals surface area (Å²) in [5.41, 5.74) is 3.33. The number of carbonyl (C=O) groups excluding carboxylic acids is 1. The SMILES string of the molecule is CC(C)n1nccc1-c1nccnc1COc1ccc2cn[nH]c2c1C=O. The van der Waals surface area contributed by atoms with Crippen molar-refractivity contribution in [3.8, 4) is 17.1 Å². The molecular weight excluding hydrogens is 344 g/mol. The molecule has 1 N–H and O–H groups in total. The second-order valence-corrected chi connectivity index (χ2v) is 6.32. The van der Waals surface area contributed by atoms with E-state index in [1.807, 2.05) is 16.8 Å². The van der Waals surface area contributed by atoms with Crippen LogP contribution in [0.1, 0.15) is 35.9 Å². The highest BCUT2D eigenvalue weighted by molar-refractivity contribution is 5.98. The monoisotopic (exact) mass is 362 g/mol. The standard InChI is InChI=1S/C19H18N6O2/c1-12(2)25-16(5-6-23-25)19-15(20-7-8-21-19)11-27-17-4-3-13-9-22-24-18(13)14(17)10-26/h3-10,12H,11H2,1-2H3,(H,22,24). The molecule has 0 unspecified atom stereocenters. The van der Waals surface area contributed by atoms with Gasteiger partial charge in [0.25, 0.3) is 0 Å². The van der Waals surface area contributed by atoms with Gasteiger partial charge in [0.15, 0.2) is 6.29 Å². The number of nitrogens with zero attached hydrogens (tertiary/aromatic N) is 5. The molecule has 0 spiro atoms. The van der Waals surface area contributed by atoms with Crippen molar-refractivity contribution in [2.45, 2.75) is 26.5 Å². The lowest BCUT2D eigenvalue weighted by atomic mass is 10.1. The summed E-state index contributed by atoms with van der Waals surface area (Å²) in [7, 11) is 0. The lowest BCUT2D eigenvalue weighted by Crippen LogP contribution is -2.09. The van der Waals surface area contributed by atoms with E-state index in [0.29, 0.717) is 28.2 Å². The first-order chi connectivity index (χ1) is 13.2. The summed E-state index contributed by atoms with van der Waals surface area (Å²) in [6, 6.07) is 5.71. The Kier molecular flexibility index (Phi) is 4.37. The molecule has 0 amide bonds. The molecule has 0 saturated carbocycles. The molecule has 3 heterocycles. The molecule has 0 atom stereocenters. The highest BCUT2D eigenvalue weighted by Gasteiger charge is 2.16. The number of aldehydes is 1. The minimum Gasteiger partial charge on any atom is -0.486 e. The minimum absolute atomic E-state index is 0.174. The number of H-pyrrole nitrogens is 1. The highest BCUT2D eigenvalue weighted by Crippen LogP contribution is 2.27. The number of rotatable bonds is 6. The van der Waals surface area contributed by atoms with Gasteiger partial charge in [0, 0.05) is 30.0 Å². The fourth-order valence-corrected chi connectivity index (χ4v) is 3.00. The quantitative estimate of drug-likeness (QED) is 0.529. The number of nitrogens with one attached hydrogen (secondary N) is 1. The van der Waals surface area contributed by atoms with Gasteiger partial charge in [0.05, 0.1) is 23.0 Å². The maximum Gasteiger partial charge on any atom is 0.155 e. The van der Waals surface area contributed by atoms with Gasteiger partial charge in [-0.05, 0) is 32.0 Å². The Labute approximate surface area is 155 Å². The van der Waals surface area contributed by atoms with Crippen molar-refractivity contribution in [1.82, 2.24) is 29.9 Å².